The topological polar surface area (TPSA) is 17.1 Å². The lowest BCUT2D eigenvalue weighted by Gasteiger charge is -2.23. The van der Waals surface area contributed by atoms with E-state index in [-0.39, 0.29) is 5.92 Å². The lowest BCUT2D eigenvalue weighted by Crippen LogP contribution is -2.11. The number of hydrogen-bond acceptors (Lipinski definition) is 2. The van der Waals surface area contributed by atoms with Crippen molar-refractivity contribution in [2.24, 2.45) is 5.92 Å². The molecule has 2 aliphatic rings. The molecule has 0 aromatic heterocycles. The Hall–Kier alpha value is -1.28. The minimum atomic E-state index is 0.280. The molecule has 0 fully saturated rings. The summed E-state index contributed by atoms with van der Waals surface area (Å²) in [5, 5.41) is 2.40. The molecule has 0 amide bonds. The Balaban J connectivity index is 2.08. The van der Waals surface area contributed by atoms with Crippen molar-refractivity contribution >= 4 is 24.1 Å². The molecule has 3 rings (SSSR count). The summed E-state index contributed by atoms with van der Waals surface area (Å²) < 4.78 is 0. The molecule has 0 spiro atoms. The predicted octanol–water partition coefficient (Wildman–Crippen LogP) is 3.20. The number of fused-ring (bicyclic) bond motifs is 3. The summed E-state index contributed by atoms with van der Waals surface area (Å²) in [4.78, 5) is 10.9. The van der Waals surface area contributed by atoms with E-state index in [1.54, 1.807) is 11.8 Å². The highest BCUT2D eigenvalue weighted by atomic mass is 32.2. The summed E-state index contributed by atoms with van der Waals surface area (Å²) in [6.45, 7) is 0. The van der Waals surface area contributed by atoms with E-state index < -0.39 is 0 Å². The Morgan fingerprint density at radius 2 is 2.13 bits per heavy atom. The second-order valence-electron chi connectivity index (χ2n) is 3.81. The fourth-order valence-electron chi connectivity index (χ4n) is 2.20. The number of benzene rings is 1. The quantitative estimate of drug-likeness (QED) is 0.668. The van der Waals surface area contributed by atoms with Crippen molar-refractivity contribution in [3.63, 3.8) is 0 Å². The number of carbonyl (C=O) groups is 1. The van der Waals surface area contributed by atoms with Gasteiger partial charge in [-0.1, -0.05) is 36.4 Å². The van der Waals surface area contributed by atoms with Gasteiger partial charge in [-0.15, -0.1) is 11.8 Å². The summed E-state index contributed by atoms with van der Waals surface area (Å²) in [6.07, 6.45) is 5.25. The lowest BCUT2D eigenvalue weighted by molar-refractivity contribution is -0.105. The molecule has 1 aromatic rings. The average Bonchev–Trinajstić information content (AvgIpc) is 2.72. The van der Waals surface area contributed by atoms with Crippen molar-refractivity contribution in [2.45, 2.75) is 5.25 Å². The molecule has 74 valence electrons. The van der Waals surface area contributed by atoms with Crippen LogP contribution in [0.2, 0.25) is 0 Å². The Kier molecular flexibility index (Phi) is 2.03. The van der Waals surface area contributed by atoms with Gasteiger partial charge in [-0.3, -0.25) is 4.79 Å². The lowest BCUT2D eigenvalue weighted by atomic mass is 9.86. The second kappa shape index (κ2) is 3.38. The van der Waals surface area contributed by atoms with E-state index in [0.717, 1.165) is 11.9 Å². The van der Waals surface area contributed by atoms with Crippen LogP contribution in [0.4, 0.5) is 0 Å². The van der Waals surface area contributed by atoms with Gasteiger partial charge >= 0.3 is 0 Å². The summed E-state index contributed by atoms with van der Waals surface area (Å²) >= 11 is 1.76. The molecule has 0 saturated heterocycles. The van der Waals surface area contributed by atoms with Crippen LogP contribution in [0.15, 0.2) is 41.3 Å². The maximum Gasteiger partial charge on any atom is 0.147 e. The zero-order chi connectivity index (χ0) is 10.3. The molecule has 15 heavy (non-hydrogen) atoms. The highest BCUT2D eigenvalue weighted by Gasteiger charge is 2.32. The van der Waals surface area contributed by atoms with E-state index in [4.69, 9.17) is 0 Å². The van der Waals surface area contributed by atoms with Gasteiger partial charge in [0.05, 0.1) is 0 Å². The maximum absolute atomic E-state index is 10.9. The monoisotopic (exact) mass is 214 g/mol. The zero-order valence-corrected chi connectivity index (χ0v) is 8.91. The molecule has 2 heteroatoms. The van der Waals surface area contributed by atoms with Gasteiger partial charge in [0, 0.05) is 16.7 Å². The fourth-order valence-corrected chi connectivity index (χ4v) is 3.50. The number of hydrogen-bond donors (Lipinski definition) is 0. The van der Waals surface area contributed by atoms with Crippen molar-refractivity contribution in [3.8, 4) is 0 Å². The third kappa shape index (κ3) is 1.29. The highest BCUT2D eigenvalue weighted by Crippen LogP contribution is 2.50. The first-order valence-electron chi connectivity index (χ1n) is 4.98. The molecule has 0 radical (unpaired) electrons. The molecule has 2 atom stereocenters. The van der Waals surface area contributed by atoms with Crippen molar-refractivity contribution in [2.75, 3.05) is 0 Å². The van der Waals surface area contributed by atoms with Crippen molar-refractivity contribution in [1.29, 1.82) is 0 Å². The first-order valence-corrected chi connectivity index (χ1v) is 5.92. The van der Waals surface area contributed by atoms with Crippen LogP contribution in [0.25, 0.3) is 6.08 Å². The molecule has 0 saturated carbocycles. The Morgan fingerprint density at radius 3 is 3.00 bits per heavy atom. The first kappa shape index (κ1) is 8.98. The highest BCUT2D eigenvalue weighted by molar-refractivity contribution is 8.02. The third-order valence-electron chi connectivity index (χ3n) is 2.98. The molecule has 1 heterocycles. The number of carbonyl (C=O) groups excluding carboxylic acids is 1. The smallest absolute Gasteiger partial charge is 0.147 e. The molecule has 1 nitrogen and oxygen atoms in total. The molecular weight excluding hydrogens is 204 g/mol. The van der Waals surface area contributed by atoms with Gasteiger partial charge in [0.1, 0.15) is 6.29 Å². The molecule has 0 N–H and O–H groups in total. The second-order valence-corrected chi connectivity index (χ2v) is 4.82. The van der Waals surface area contributed by atoms with E-state index in [0.29, 0.717) is 5.25 Å². The van der Waals surface area contributed by atoms with Crippen LogP contribution in [0.3, 0.4) is 0 Å². The van der Waals surface area contributed by atoms with E-state index >= 15 is 0 Å². The van der Waals surface area contributed by atoms with E-state index in [2.05, 4.69) is 36.4 Å². The summed E-state index contributed by atoms with van der Waals surface area (Å²) in [5.74, 6) is 0.280. The summed E-state index contributed by atoms with van der Waals surface area (Å²) in [6, 6.07) is 8.40. The molecule has 0 unspecified atom stereocenters. The van der Waals surface area contributed by atoms with Crippen molar-refractivity contribution in [1.82, 2.24) is 0 Å². The Bertz CT molecular complexity index is 473. The normalized spacial score (nSPS) is 26.8. The minimum absolute atomic E-state index is 0.280. The van der Waals surface area contributed by atoms with Crippen LogP contribution in [-0.4, -0.2) is 6.29 Å². The van der Waals surface area contributed by atoms with Crippen LogP contribution >= 0.6 is 11.8 Å². The van der Waals surface area contributed by atoms with E-state index in [1.807, 2.05) is 5.41 Å². The van der Waals surface area contributed by atoms with Gasteiger partial charge in [0.15, 0.2) is 0 Å². The third-order valence-corrected chi connectivity index (χ3v) is 4.23. The van der Waals surface area contributed by atoms with Crippen molar-refractivity contribution in [3.05, 3.63) is 52.4 Å². The molecule has 1 aromatic carbocycles. The van der Waals surface area contributed by atoms with Gasteiger partial charge in [-0.25, -0.2) is 0 Å². The van der Waals surface area contributed by atoms with Crippen LogP contribution in [0.1, 0.15) is 16.4 Å². The SMILES string of the molecule is O=CC1=CS[C@@H]2c3ccccc3C=C[C@@H]12. The van der Waals surface area contributed by atoms with Gasteiger partial charge in [0.25, 0.3) is 0 Å². The average molecular weight is 214 g/mol. The van der Waals surface area contributed by atoms with Gasteiger partial charge in [0.2, 0.25) is 0 Å². The molecule has 1 aliphatic heterocycles. The maximum atomic E-state index is 10.9. The van der Waals surface area contributed by atoms with Crippen LogP contribution < -0.4 is 0 Å². The number of aldehydes is 1. The van der Waals surface area contributed by atoms with Gasteiger partial charge < -0.3 is 0 Å². The minimum Gasteiger partial charge on any atom is -0.298 e. The summed E-state index contributed by atoms with van der Waals surface area (Å²) in [5.41, 5.74) is 3.55. The number of allylic oxidation sites excluding steroid dienone is 2. The van der Waals surface area contributed by atoms with E-state index in [9.17, 15) is 4.79 Å². The molecule has 0 bridgehead atoms. The predicted molar refractivity (Wildman–Crippen MR) is 63.4 cm³/mol. The Morgan fingerprint density at radius 1 is 1.27 bits per heavy atom. The Labute approximate surface area is 92.9 Å². The largest absolute Gasteiger partial charge is 0.298 e. The fraction of sp³-hybridized carbons (Fsp3) is 0.154. The van der Waals surface area contributed by atoms with Gasteiger partial charge in [-0.05, 0) is 16.5 Å². The zero-order valence-electron chi connectivity index (χ0n) is 8.09. The van der Waals surface area contributed by atoms with Crippen LogP contribution in [0.5, 0.6) is 0 Å². The van der Waals surface area contributed by atoms with Crippen molar-refractivity contribution < 1.29 is 4.79 Å². The standard InChI is InChI=1S/C13H10OS/c14-7-10-8-15-13-11-4-2-1-3-9(11)5-6-12(10)13/h1-8,12-13H/t12-,13+/m0/s1. The van der Waals surface area contributed by atoms with Crippen LogP contribution in [-0.2, 0) is 4.79 Å². The van der Waals surface area contributed by atoms with Crippen LogP contribution in [0, 0.1) is 5.92 Å². The number of thioether (sulfide) groups is 1. The number of rotatable bonds is 1. The summed E-state index contributed by atoms with van der Waals surface area (Å²) in [7, 11) is 0. The first-order chi connectivity index (χ1) is 7.40. The molecule has 1 aliphatic carbocycles. The van der Waals surface area contributed by atoms with E-state index in [1.165, 1.54) is 11.1 Å². The molecular formula is C13H10OS. The van der Waals surface area contributed by atoms with Gasteiger partial charge in [-0.2, -0.15) is 0 Å².